The number of H-pyrrole nitrogens is 1. The molecule has 1 aromatic carbocycles. The molecule has 2 heterocycles. The Hall–Kier alpha value is -2.99. The molecule has 1 unspecified atom stereocenters. The summed E-state index contributed by atoms with van der Waals surface area (Å²) in [6.45, 7) is 2.36. The molecule has 134 valence electrons. The number of hydrogen-bond donors (Lipinski definition) is 3. The summed E-state index contributed by atoms with van der Waals surface area (Å²) >= 11 is 0. The van der Waals surface area contributed by atoms with E-state index in [0.29, 0.717) is 31.0 Å². The first-order valence-corrected chi connectivity index (χ1v) is 8.66. The summed E-state index contributed by atoms with van der Waals surface area (Å²) in [4.78, 5) is 23.2. The second-order valence-corrected chi connectivity index (χ2v) is 6.10. The summed E-state index contributed by atoms with van der Waals surface area (Å²) in [6.07, 6.45) is 2.44. The normalized spacial score (nSPS) is 11.9. The van der Waals surface area contributed by atoms with Crippen LogP contribution >= 0.6 is 0 Å². The van der Waals surface area contributed by atoms with Crippen LogP contribution in [0.1, 0.15) is 18.2 Å². The largest absolute Gasteiger partial charge is 0.391 e. The highest BCUT2D eigenvalue weighted by atomic mass is 16.3. The minimum absolute atomic E-state index is 0.168. The number of pyridine rings is 1. The number of nitrogens with zero attached hydrogens (tertiary/aromatic N) is 2. The summed E-state index contributed by atoms with van der Waals surface area (Å²) in [7, 11) is 0. The fraction of sp³-hybridized carbons (Fsp3) is 0.250. The molecule has 3 N–H and O–H groups in total. The van der Waals surface area contributed by atoms with Crippen molar-refractivity contribution in [1.29, 1.82) is 0 Å². The van der Waals surface area contributed by atoms with Crippen LogP contribution in [0.15, 0.2) is 59.5 Å². The van der Waals surface area contributed by atoms with Crippen LogP contribution in [-0.4, -0.2) is 32.7 Å². The summed E-state index contributed by atoms with van der Waals surface area (Å²) in [5, 5.41) is 13.3. The molecule has 26 heavy (non-hydrogen) atoms. The van der Waals surface area contributed by atoms with E-state index in [2.05, 4.69) is 20.3 Å². The zero-order valence-electron chi connectivity index (χ0n) is 14.6. The monoisotopic (exact) mass is 350 g/mol. The standard InChI is InChI=1S/C20H22N4O2/c1-2-16-11-19(26)24-20(23-16)15-8-9-18(21-12-15)22-13-17(25)10-14-6-4-3-5-7-14/h3-9,11-12,17,25H,2,10,13H2,1H3,(H,21,22)(H,23,24,26). The van der Waals surface area contributed by atoms with Gasteiger partial charge in [0.05, 0.1) is 6.10 Å². The molecule has 0 aliphatic carbocycles. The molecule has 1 atom stereocenters. The van der Waals surface area contributed by atoms with Crippen molar-refractivity contribution in [3.8, 4) is 11.4 Å². The van der Waals surface area contributed by atoms with Gasteiger partial charge in [0.2, 0.25) is 0 Å². The first-order chi connectivity index (χ1) is 12.6. The molecule has 0 saturated heterocycles. The number of nitrogens with one attached hydrogen (secondary N) is 2. The predicted octanol–water partition coefficient (Wildman–Crippen LogP) is 2.41. The Kier molecular flexibility index (Phi) is 5.76. The lowest BCUT2D eigenvalue weighted by molar-refractivity contribution is 0.188. The van der Waals surface area contributed by atoms with E-state index in [1.54, 1.807) is 6.20 Å². The second kappa shape index (κ2) is 8.40. The van der Waals surface area contributed by atoms with Crippen LogP contribution in [0.5, 0.6) is 0 Å². The van der Waals surface area contributed by atoms with Gasteiger partial charge in [0.15, 0.2) is 0 Å². The van der Waals surface area contributed by atoms with E-state index >= 15 is 0 Å². The molecular weight excluding hydrogens is 328 g/mol. The number of benzene rings is 1. The molecule has 2 aromatic heterocycles. The van der Waals surface area contributed by atoms with Gasteiger partial charge in [-0.1, -0.05) is 37.3 Å². The van der Waals surface area contributed by atoms with Crippen LogP contribution in [0.2, 0.25) is 0 Å². The van der Waals surface area contributed by atoms with Crippen LogP contribution in [0.25, 0.3) is 11.4 Å². The fourth-order valence-corrected chi connectivity index (χ4v) is 2.65. The van der Waals surface area contributed by atoms with Crippen LogP contribution in [0.4, 0.5) is 5.82 Å². The number of aliphatic hydroxyl groups is 1. The van der Waals surface area contributed by atoms with Gasteiger partial charge in [-0.05, 0) is 24.1 Å². The number of aromatic nitrogens is 3. The lowest BCUT2D eigenvalue weighted by Gasteiger charge is -2.12. The quantitative estimate of drug-likeness (QED) is 0.609. The SMILES string of the molecule is CCc1cc(=O)[nH]c(-c2ccc(NCC(O)Cc3ccccc3)nc2)n1. The number of anilines is 1. The van der Waals surface area contributed by atoms with E-state index in [1.165, 1.54) is 6.07 Å². The van der Waals surface area contributed by atoms with E-state index in [-0.39, 0.29) is 5.56 Å². The molecule has 0 bridgehead atoms. The van der Waals surface area contributed by atoms with Crippen molar-refractivity contribution in [3.63, 3.8) is 0 Å². The number of hydrogen-bond acceptors (Lipinski definition) is 5. The van der Waals surface area contributed by atoms with Gasteiger partial charge in [0, 0.05) is 36.5 Å². The van der Waals surface area contributed by atoms with E-state index in [0.717, 1.165) is 16.8 Å². The number of rotatable bonds is 7. The zero-order chi connectivity index (χ0) is 18.4. The van der Waals surface area contributed by atoms with Gasteiger partial charge in [-0.15, -0.1) is 0 Å². The lowest BCUT2D eigenvalue weighted by Crippen LogP contribution is -2.22. The fourth-order valence-electron chi connectivity index (χ4n) is 2.65. The average Bonchev–Trinajstić information content (AvgIpc) is 2.67. The third-order valence-electron chi connectivity index (χ3n) is 4.03. The van der Waals surface area contributed by atoms with Crippen LogP contribution in [0, 0.1) is 0 Å². The molecule has 0 amide bonds. The maximum atomic E-state index is 11.7. The van der Waals surface area contributed by atoms with Crippen molar-refractivity contribution in [2.45, 2.75) is 25.9 Å². The lowest BCUT2D eigenvalue weighted by atomic mass is 10.1. The Bertz CT molecular complexity index is 892. The first-order valence-electron chi connectivity index (χ1n) is 8.66. The molecule has 0 aliphatic heterocycles. The molecular formula is C20H22N4O2. The highest BCUT2D eigenvalue weighted by Gasteiger charge is 2.07. The van der Waals surface area contributed by atoms with Crippen LogP contribution in [-0.2, 0) is 12.8 Å². The highest BCUT2D eigenvalue weighted by Crippen LogP contribution is 2.15. The van der Waals surface area contributed by atoms with Crippen molar-refractivity contribution >= 4 is 5.82 Å². The van der Waals surface area contributed by atoms with Crippen molar-refractivity contribution in [2.75, 3.05) is 11.9 Å². The minimum atomic E-state index is -0.502. The molecule has 0 saturated carbocycles. The van der Waals surface area contributed by atoms with Gasteiger partial charge < -0.3 is 15.4 Å². The third-order valence-corrected chi connectivity index (χ3v) is 4.03. The number of aromatic amines is 1. The topological polar surface area (TPSA) is 90.9 Å². The van der Waals surface area contributed by atoms with Gasteiger partial charge in [-0.2, -0.15) is 0 Å². The number of aryl methyl sites for hydroxylation is 1. The predicted molar refractivity (Wildman–Crippen MR) is 102 cm³/mol. The molecule has 6 heteroatoms. The van der Waals surface area contributed by atoms with Gasteiger partial charge in [0.25, 0.3) is 5.56 Å². The molecule has 0 spiro atoms. The minimum Gasteiger partial charge on any atom is -0.391 e. The molecule has 6 nitrogen and oxygen atoms in total. The van der Waals surface area contributed by atoms with Gasteiger partial charge in [0.1, 0.15) is 11.6 Å². The van der Waals surface area contributed by atoms with Crippen LogP contribution < -0.4 is 10.9 Å². The Labute approximate surface area is 152 Å². The Morgan fingerprint density at radius 1 is 1.19 bits per heavy atom. The summed E-state index contributed by atoms with van der Waals surface area (Å²) in [5.41, 5.74) is 2.41. The van der Waals surface area contributed by atoms with Crippen molar-refractivity contribution in [3.05, 3.63) is 76.3 Å². The van der Waals surface area contributed by atoms with Crippen molar-refractivity contribution in [2.24, 2.45) is 0 Å². The highest BCUT2D eigenvalue weighted by molar-refractivity contribution is 5.55. The van der Waals surface area contributed by atoms with E-state index in [1.807, 2.05) is 49.4 Å². The maximum Gasteiger partial charge on any atom is 0.251 e. The van der Waals surface area contributed by atoms with Gasteiger partial charge in [-0.3, -0.25) is 4.79 Å². The van der Waals surface area contributed by atoms with Crippen LogP contribution in [0.3, 0.4) is 0 Å². The molecule has 3 rings (SSSR count). The zero-order valence-corrected chi connectivity index (χ0v) is 14.6. The van der Waals surface area contributed by atoms with Crippen molar-refractivity contribution in [1.82, 2.24) is 15.0 Å². The van der Waals surface area contributed by atoms with E-state index < -0.39 is 6.10 Å². The summed E-state index contributed by atoms with van der Waals surface area (Å²) in [5.74, 6) is 1.17. The van der Waals surface area contributed by atoms with E-state index in [9.17, 15) is 9.90 Å². The Morgan fingerprint density at radius 3 is 2.69 bits per heavy atom. The smallest absolute Gasteiger partial charge is 0.251 e. The first kappa shape index (κ1) is 17.8. The average molecular weight is 350 g/mol. The Morgan fingerprint density at radius 2 is 2.00 bits per heavy atom. The maximum absolute atomic E-state index is 11.7. The van der Waals surface area contributed by atoms with Gasteiger partial charge in [-0.25, -0.2) is 9.97 Å². The molecule has 0 radical (unpaired) electrons. The summed E-state index contributed by atoms with van der Waals surface area (Å²) in [6, 6.07) is 15.0. The molecule has 0 aliphatic rings. The molecule has 0 fully saturated rings. The van der Waals surface area contributed by atoms with Gasteiger partial charge >= 0.3 is 0 Å². The summed E-state index contributed by atoms with van der Waals surface area (Å²) < 4.78 is 0. The van der Waals surface area contributed by atoms with Crippen molar-refractivity contribution < 1.29 is 5.11 Å². The third kappa shape index (κ3) is 4.77. The molecule has 3 aromatic rings. The Balaban J connectivity index is 1.61. The van der Waals surface area contributed by atoms with E-state index in [4.69, 9.17) is 0 Å². The second-order valence-electron chi connectivity index (χ2n) is 6.10. The number of aliphatic hydroxyl groups excluding tert-OH is 1.